The van der Waals surface area contributed by atoms with E-state index < -0.39 is 30.7 Å². The maximum Gasteiger partial charge on any atom is 0.293 e. The molecule has 3 N–H and O–H groups in total. The van der Waals surface area contributed by atoms with Gasteiger partial charge in [0.05, 0.1) is 13.2 Å². The summed E-state index contributed by atoms with van der Waals surface area (Å²) in [4.78, 5) is 9.93. The molecule has 0 bridgehead atoms. The van der Waals surface area contributed by atoms with Crippen LogP contribution in [0, 0.1) is 0 Å². The summed E-state index contributed by atoms with van der Waals surface area (Å²) in [7, 11) is 1.45. The van der Waals surface area contributed by atoms with Crippen LogP contribution in [-0.4, -0.2) is 79.4 Å². The first-order chi connectivity index (χ1) is 10.1. The average Bonchev–Trinajstić information content (AvgIpc) is 2.48. The highest BCUT2D eigenvalue weighted by Gasteiger charge is 2.44. The third-order valence-electron chi connectivity index (χ3n) is 3.26. The summed E-state index contributed by atoms with van der Waals surface area (Å²) in [6.45, 7) is 1.19. The zero-order valence-corrected chi connectivity index (χ0v) is 12.1. The van der Waals surface area contributed by atoms with Gasteiger partial charge in [-0.3, -0.25) is 4.79 Å². The maximum absolute atomic E-state index is 9.93. The van der Waals surface area contributed by atoms with Crippen LogP contribution < -0.4 is 0 Å². The number of hydrogen-bond donors (Lipinski definition) is 3. The summed E-state index contributed by atoms with van der Waals surface area (Å²) in [5.74, 6) is 0. The van der Waals surface area contributed by atoms with E-state index in [1.54, 1.807) is 0 Å². The van der Waals surface area contributed by atoms with Gasteiger partial charge in [-0.2, -0.15) is 0 Å². The molecule has 1 saturated heterocycles. The summed E-state index contributed by atoms with van der Waals surface area (Å²) in [6, 6.07) is 0. The minimum Gasteiger partial charge on any atom is -0.468 e. The Morgan fingerprint density at radius 2 is 1.76 bits per heavy atom. The van der Waals surface area contributed by atoms with Crippen LogP contribution in [0.5, 0.6) is 0 Å². The van der Waals surface area contributed by atoms with Crippen LogP contribution >= 0.6 is 0 Å². The number of methoxy groups -OCH3 is 1. The van der Waals surface area contributed by atoms with Gasteiger partial charge in [0.1, 0.15) is 24.4 Å². The van der Waals surface area contributed by atoms with E-state index in [-0.39, 0.29) is 6.61 Å². The molecule has 0 aromatic rings. The molecule has 8 heteroatoms. The summed E-state index contributed by atoms with van der Waals surface area (Å²) in [5, 5.41) is 29.3. The Hall–Kier alpha value is -0.770. The van der Waals surface area contributed by atoms with Crippen LogP contribution in [0.2, 0.25) is 0 Å². The van der Waals surface area contributed by atoms with E-state index in [0.717, 1.165) is 12.8 Å². The van der Waals surface area contributed by atoms with Gasteiger partial charge in [0.2, 0.25) is 0 Å². The lowest BCUT2D eigenvalue weighted by atomic mass is 9.99. The van der Waals surface area contributed by atoms with Crippen molar-refractivity contribution in [2.24, 2.45) is 0 Å². The quantitative estimate of drug-likeness (QED) is 0.340. The lowest BCUT2D eigenvalue weighted by Gasteiger charge is -2.40. The van der Waals surface area contributed by atoms with Gasteiger partial charge in [0.15, 0.2) is 6.29 Å². The number of carbonyl (C=O) groups excluding carboxylic acids is 1. The minimum absolute atomic E-state index is 0.0911. The summed E-state index contributed by atoms with van der Waals surface area (Å²) in [5.41, 5.74) is 0. The zero-order chi connectivity index (χ0) is 15.7. The van der Waals surface area contributed by atoms with Crippen molar-refractivity contribution in [3.05, 3.63) is 0 Å². The Bertz CT molecular complexity index is 287. The van der Waals surface area contributed by atoms with Crippen molar-refractivity contribution < 1.29 is 39.1 Å². The molecule has 1 fully saturated rings. The molecule has 21 heavy (non-hydrogen) atoms. The van der Waals surface area contributed by atoms with E-state index in [2.05, 4.69) is 4.74 Å². The number of carbonyl (C=O) groups is 1. The minimum atomic E-state index is -1.34. The number of aliphatic hydroxyl groups excluding tert-OH is 3. The molecule has 1 aliphatic rings. The number of rotatable bonds is 10. The van der Waals surface area contributed by atoms with E-state index in [1.165, 1.54) is 7.11 Å². The Morgan fingerprint density at radius 3 is 2.43 bits per heavy atom. The van der Waals surface area contributed by atoms with Crippen molar-refractivity contribution in [2.75, 3.05) is 26.9 Å². The molecule has 0 aliphatic carbocycles. The van der Waals surface area contributed by atoms with E-state index in [0.29, 0.717) is 26.1 Å². The summed E-state index contributed by atoms with van der Waals surface area (Å²) in [6.07, 6.45) is -3.42. The highest BCUT2D eigenvalue weighted by molar-refractivity contribution is 5.36. The fraction of sp³-hybridized carbons (Fsp3) is 0.923. The Kier molecular flexibility index (Phi) is 8.74. The molecule has 124 valence electrons. The molecule has 5 atom stereocenters. The van der Waals surface area contributed by atoms with E-state index in [4.69, 9.17) is 14.2 Å². The topological polar surface area (TPSA) is 115 Å². The third-order valence-corrected chi connectivity index (χ3v) is 3.26. The van der Waals surface area contributed by atoms with Gasteiger partial charge in [0, 0.05) is 13.7 Å². The lowest BCUT2D eigenvalue weighted by molar-refractivity contribution is -0.302. The summed E-state index contributed by atoms with van der Waals surface area (Å²) < 4.78 is 20.2. The normalized spacial score (nSPS) is 32.9. The van der Waals surface area contributed by atoms with Gasteiger partial charge < -0.3 is 34.3 Å². The van der Waals surface area contributed by atoms with Crippen LogP contribution in [-0.2, 0) is 23.7 Å². The molecule has 0 aromatic carbocycles. The highest BCUT2D eigenvalue weighted by Crippen LogP contribution is 2.22. The Morgan fingerprint density at radius 1 is 1.05 bits per heavy atom. The Balaban J connectivity index is 2.27. The first-order valence-electron chi connectivity index (χ1n) is 6.97. The van der Waals surface area contributed by atoms with Crippen molar-refractivity contribution in [1.82, 2.24) is 0 Å². The van der Waals surface area contributed by atoms with Gasteiger partial charge in [0.25, 0.3) is 6.47 Å². The number of hydrogen-bond acceptors (Lipinski definition) is 8. The van der Waals surface area contributed by atoms with E-state index in [9.17, 15) is 20.1 Å². The van der Waals surface area contributed by atoms with Crippen molar-refractivity contribution in [1.29, 1.82) is 0 Å². The second-order valence-corrected chi connectivity index (χ2v) is 4.87. The second kappa shape index (κ2) is 10.0. The van der Waals surface area contributed by atoms with E-state index >= 15 is 0 Å². The molecular formula is C13H24O8. The van der Waals surface area contributed by atoms with Crippen molar-refractivity contribution in [3.63, 3.8) is 0 Å². The van der Waals surface area contributed by atoms with Crippen molar-refractivity contribution in [2.45, 2.75) is 50.0 Å². The fourth-order valence-corrected chi connectivity index (χ4v) is 2.07. The van der Waals surface area contributed by atoms with Gasteiger partial charge in [-0.25, -0.2) is 0 Å². The molecule has 0 aromatic heterocycles. The zero-order valence-electron chi connectivity index (χ0n) is 12.1. The fourth-order valence-electron chi connectivity index (χ4n) is 2.07. The molecular weight excluding hydrogens is 284 g/mol. The predicted molar refractivity (Wildman–Crippen MR) is 70.4 cm³/mol. The Labute approximate surface area is 123 Å². The summed E-state index contributed by atoms with van der Waals surface area (Å²) >= 11 is 0. The largest absolute Gasteiger partial charge is 0.468 e. The number of unbranched alkanes of at least 4 members (excludes halogenated alkanes) is 2. The number of aliphatic hydroxyl groups is 3. The van der Waals surface area contributed by atoms with Crippen LogP contribution in [0.4, 0.5) is 0 Å². The van der Waals surface area contributed by atoms with E-state index in [1.807, 2.05) is 0 Å². The number of ether oxygens (including phenoxy) is 4. The van der Waals surface area contributed by atoms with Crippen LogP contribution in [0.25, 0.3) is 0 Å². The highest BCUT2D eigenvalue weighted by atomic mass is 16.7. The third kappa shape index (κ3) is 5.85. The first-order valence-corrected chi connectivity index (χ1v) is 6.97. The smallest absolute Gasteiger partial charge is 0.293 e. The van der Waals surface area contributed by atoms with Crippen LogP contribution in [0.15, 0.2) is 0 Å². The average molecular weight is 308 g/mol. The van der Waals surface area contributed by atoms with Crippen molar-refractivity contribution >= 4 is 6.47 Å². The molecule has 8 nitrogen and oxygen atoms in total. The lowest BCUT2D eigenvalue weighted by Crippen LogP contribution is -2.59. The monoisotopic (exact) mass is 308 g/mol. The molecule has 1 heterocycles. The van der Waals surface area contributed by atoms with Gasteiger partial charge in [-0.15, -0.1) is 0 Å². The first kappa shape index (κ1) is 18.3. The molecule has 0 amide bonds. The standard InChI is InChI=1S/C13H24O8/c1-18-7-9-10(15)11(16)12(17)13(21-9)20-6-4-2-3-5-19-8-14/h8-13,15-17H,2-7H2,1H3. The second-order valence-electron chi connectivity index (χ2n) is 4.87. The van der Waals surface area contributed by atoms with Crippen LogP contribution in [0.1, 0.15) is 19.3 Å². The molecule has 0 saturated carbocycles. The van der Waals surface area contributed by atoms with Gasteiger partial charge in [-0.05, 0) is 19.3 Å². The molecule has 0 radical (unpaired) electrons. The molecule has 1 aliphatic heterocycles. The molecule has 5 unspecified atom stereocenters. The SMILES string of the molecule is COCC1OC(OCCCCCOC=O)C(O)C(O)C1O. The van der Waals surface area contributed by atoms with Crippen LogP contribution in [0.3, 0.4) is 0 Å². The molecule has 1 rings (SSSR count). The maximum atomic E-state index is 9.93. The predicted octanol–water partition coefficient (Wildman–Crippen LogP) is -1.20. The molecule has 0 spiro atoms. The van der Waals surface area contributed by atoms with Gasteiger partial charge in [-0.1, -0.05) is 0 Å². The van der Waals surface area contributed by atoms with Crippen molar-refractivity contribution in [3.8, 4) is 0 Å². The van der Waals surface area contributed by atoms with Gasteiger partial charge >= 0.3 is 0 Å².